The molecule has 0 amide bonds. The van der Waals surface area contributed by atoms with Gasteiger partial charge in [0.15, 0.2) is 0 Å². The number of aryl methyl sites for hydroxylation is 1. The lowest BCUT2D eigenvalue weighted by Crippen LogP contribution is -2.22. The van der Waals surface area contributed by atoms with Crippen molar-refractivity contribution in [3.05, 3.63) is 65.7 Å². The van der Waals surface area contributed by atoms with Crippen molar-refractivity contribution in [3.8, 4) is 0 Å². The van der Waals surface area contributed by atoms with Crippen molar-refractivity contribution in [3.63, 3.8) is 0 Å². The average molecular weight is 290 g/mol. The molecular formula is C16H18OS2. The van der Waals surface area contributed by atoms with Gasteiger partial charge in [0, 0.05) is 22.0 Å². The van der Waals surface area contributed by atoms with Gasteiger partial charge in [0.25, 0.3) is 0 Å². The van der Waals surface area contributed by atoms with Crippen LogP contribution in [0.5, 0.6) is 0 Å². The largest absolute Gasteiger partial charge is 0.258 e. The Morgan fingerprint density at radius 1 is 1.00 bits per heavy atom. The predicted octanol–water partition coefficient (Wildman–Crippen LogP) is 4.34. The lowest BCUT2D eigenvalue weighted by molar-refractivity contribution is 0.675. The Morgan fingerprint density at radius 2 is 1.58 bits per heavy atom. The van der Waals surface area contributed by atoms with Crippen LogP contribution < -0.4 is 0 Å². The summed E-state index contributed by atoms with van der Waals surface area (Å²) in [4.78, 5) is 1.14. The van der Waals surface area contributed by atoms with Crippen LogP contribution in [0.4, 0.5) is 0 Å². The Bertz CT molecular complexity index is 563. The molecule has 0 aliphatic carbocycles. The molecule has 0 heterocycles. The summed E-state index contributed by atoms with van der Waals surface area (Å²) >= 11 is 1.66. The molecule has 100 valence electrons. The highest BCUT2D eigenvalue weighted by atomic mass is 32.2. The zero-order valence-electron chi connectivity index (χ0n) is 11.4. The number of thioether (sulfide) groups is 1. The number of rotatable bonds is 4. The summed E-state index contributed by atoms with van der Waals surface area (Å²) in [5.74, 6) is 0. The summed E-state index contributed by atoms with van der Waals surface area (Å²) < 4.78 is 11.8. The molecule has 0 aliphatic heterocycles. The zero-order valence-corrected chi connectivity index (χ0v) is 13.1. The normalized spacial score (nSPS) is 15.7. The molecular weight excluding hydrogens is 272 g/mol. The van der Waals surface area contributed by atoms with Gasteiger partial charge in [-0.3, -0.25) is 4.21 Å². The molecule has 0 saturated heterocycles. The minimum atomic E-state index is -0.964. The highest BCUT2D eigenvalue weighted by molar-refractivity contribution is 8.11. The second-order valence-electron chi connectivity index (χ2n) is 4.68. The van der Waals surface area contributed by atoms with Gasteiger partial charge >= 0.3 is 0 Å². The zero-order chi connectivity index (χ0) is 13.9. The Hall–Kier alpha value is -1.06. The van der Waals surface area contributed by atoms with Crippen LogP contribution in [0, 0.1) is 6.92 Å². The van der Waals surface area contributed by atoms with E-state index in [0.717, 1.165) is 10.5 Å². The van der Waals surface area contributed by atoms with Crippen molar-refractivity contribution in [2.24, 2.45) is 0 Å². The molecule has 0 N–H and O–H groups in total. The molecule has 2 rings (SSSR count). The van der Waals surface area contributed by atoms with Crippen LogP contribution >= 0.6 is 11.8 Å². The van der Waals surface area contributed by atoms with Crippen LogP contribution in [0.15, 0.2) is 59.5 Å². The summed E-state index contributed by atoms with van der Waals surface area (Å²) in [6, 6.07) is 18.4. The quantitative estimate of drug-likeness (QED) is 0.779. The van der Waals surface area contributed by atoms with Crippen LogP contribution in [0.25, 0.3) is 0 Å². The smallest absolute Gasteiger partial charge is 0.117 e. The number of benzene rings is 2. The third-order valence-electron chi connectivity index (χ3n) is 3.18. The van der Waals surface area contributed by atoms with E-state index in [2.05, 4.69) is 43.3 Å². The van der Waals surface area contributed by atoms with Gasteiger partial charge in [0.1, 0.15) is 4.08 Å². The highest BCUT2D eigenvalue weighted by Crippen LogP contribution is 2.43. The first-order valence-electron chi connectivity index (χ1n) is 6.17. The van der Waals surface area contributed by atoms with E-state index in [0.29, 0.717) is 0 Å². The molecule has 0 bridgehead atoms. The minimum Gasteiger partial charge on any atom is -0.258 e. The molecule has 2 aromatic rings. The van der Waals surface area contributed by atoms with E-state index < -0.39 is 14.9 Å². The SMILES string of the molecule is Cc1ccc(C(C)(Sc2ccccc2)S(C)=O)cc1. The molecule has 19 heavy (non-hydrogen) atoms. The standard InChI is InChI=1S/C16H18OS2/c1-13-9-11-14(12-10-13)16(2,19(3)17)18-15-7-5-4-6-8-15/h4-12H,1-3H3. The minimum absolute atomic E-state index is 0.422. The number of hydrogen-bond donors (Lipinski definition) is 0. The Morgan fingerprint density at radius 3 is 2.11 bits per heavy atom. The Kier molecular flexibility index (Phi) is 4.48. The molecule has 0 saturated carbocycles. The fraction of sp³-hybridized carbons (Fsp3) is 0.250. The molecule has 0 aliphatic rings. The summed E-state index contributed by atoms with van der Waals surface area (Å²) in [7, 11) is -0.964. The van der Waals surface area contributed by atoms with Gasteiger partial charge in [-0.2, -0.15) is 0 Å². The predicted molar refractivity (Wildman–Crippen MR) is 84.9 cm³/mol. The lowest BCUT2D eigenvalue weighted by Gasteiger charge is -2.27. The second-order valence-corrected chi connectivity index (χ2v) is 8.16. The molecule has 1 nitrogen and oxygen atoms in total. The summed E-state index contributed by atoms with van der Waals surface area (Å²) in [6.07, 6.45) is 1.77. The first-order valence-corrected chi connectivity index (χ1v) is 8.54. The first kappa shape index (κ1) is 14.4. The number of hydrogen-bond acceptors (Lipinski definition) is 2. The van der Waals surface area contributed by atoms with E-state index >= 15 is 0 Å². The molecule has 2 atom stereocenters. The molecule has 0 fully saturated rings. The molecule has 0 spiro atoms. The summed E-state index contributed by atoms with van der Waals surface area (Å²) in [5, 5.41) is 0. The molecule has 2 aromatic carbocycles. The lowest BCUT2D eigenvalue weighted by atomic mass is 10.1. The maximum atomic E-state index is 12.2. The maximum absolute atomic E-state index is 12.2. The Labute approximate surface area is 121 Å². The maximum Gasteiger partial charge on any atom is 0.117 e. The van der Waals surface area contributed by atoms with Crippen LogP contribution in [0.2, 0.25) is 0 Å². The summed E-state index contributed by atoms with van der Waals surface area (Å²) in [5.41, 5.74) is 2.32. The van der Waals surface area contributed by atoms with Gasteiger partial charge in [-0.15, -0.1) is 11.8 Å². The van der Waals surface area contributed by atoms with E-state index in [1.807, 2.05) is 25.1 Å². The molecule has 0 aromatic heterocycles. The third-order valence-corrected chi connectivity index (χ3v) is 6.60. The van der Waals surface area contributed by atoms with Crippen molar-refractivity contribution in [2.45, 2.75) is 22.8 Å². The molecule has 3 heteroatoms. The first-order chi connectivity index (χ1) is 9.02. The average Bonchev–Trinajstić information content (AvgIpc) is 2.40. The van der Waals surface area contributed by atoms with E-state index in [1.165, 1.54) is 5.56 Å². The fourth-order valence-corrected chi connectivity index (χ4v) is 4.08. The van der Waals surface area contributed by atoms with Crippen molar-refractivity contribution < 1.29 is 4.21 Å². The van der Waals surface area contributed by atoms with E-state index in [4.69, 9.17) is 0 Å². The fourth-order valence-electron chi connectivity index (χ4n) is 1.85. The monoisotopic (exact) mass is 290 g/mol. The van der Waals surface area contributed by atoms with Crippen molar-refractivity contribution >= 4 is 22.6 Å². The topological polar surface area (TPSA) is 17.1 Å². The second kappa shape index (κ2) is 5.93. The highest BCUT2D eigenvalue weighted by Gasteiger charge is 2.32. The van der Waals surface area contributed by atoms with Gasteiger partial charge in [-0.05, 0) is 31.5 Å². The van der Waals surface area contributed by atoms with Gasteiger partial charge in [0.05, 0.1) is 0 Å². The van der Waals surface area contributed by atoms with Gasteiger partial charge in [-0.25, -0.2) is 0 Å². The summed E-state index contributed by atoms with van der Waals surface area (Å²) in [6.45, 7) is 4.11. The third kappa shape index (κ3) is 3.28. The Balaban J connectivity index is 2.38. The van der Waals surface area contributed by atoms with Crippen LogP contribution in [-0.2, 0) is 14.9 Å². The van der Waals surface area contributed by atoms with E-state index in [-0.39, 0.29) is 0 Å². The van der Waals surface area contributed by atoms with Crippen LogP contribution in [0.3, 0.4) is 0 Å². The van der Waals surface area contributed by atoms with Gasteiger partial charge in [0.2, 0.25) is 0 Å². The van der Waals surface area contributed by atoms with Crippen molar-refractivity contribution in [1.29, 1.82) is 0 Å². The van der Waals surface area contributed by atoms with Crippen LogP contribution in [0.1, 0.15) is 18.1 Å². The van der Waals surface area contributed by atoms with Crippen molar-refractivity contribution in [1.82, 2.24) is 0 Å². The molecule has 2 unspecified atom stereocenters. The van der Waals surface area contributed by atoms with E-state index in [9.17, 15) is 4.21 Å². The van der Waals surface area contributed by atoms with Crippen molar-refractivity contribution in [2.75, 3.05) is 6.26 Å². The van der Waals surface area contributed by atoms with Gasteiger partial charge in [-0.1, -0.05) is 48.0 Å². The molecule has 0 radical (unpaired) electrons. The van der Waals surface area contributed by atoms with Crippen LogP contribution in [-0.4, -0.2) is 10.5 Å². The van der Waals surface area contributed by atoms with Gasteiger partial charge < -0.3 is 0 Å². The van der Waals surface area contributed by atoms with E-state index in [1.54, 1.807) is 18.0 Å².